The fraction of sp³-hybridized carbons (Fsp3) is 0.294. The van der Waals surface area contributed by atoms with Gasteiger partial charge >= 0.3 is 0 Å². The molecule has 0 radical (unpaired) electrons. The monoisotopic (exact) mass is 310 g/mol. The zero-order valence-electron chi connectivity index (χ0n) is 12.3. The van der Waals surface area contributed by atoms with Crippen molar-refractivity contribution in [1.82, 2.24) is 19.9 Å². The van der Waals surface area contributed by atoms with Gasteiger partial charge in [-0.1, -0.05) is 0 Å². The number of nitrogens with zero attached hydrogens (tertiary/aromatic N) is 3. The molecule has 4 heterocycles. The first-order valence-electron chi connectivity index (χ1n) is 7.58. The van der Waals surface area contributed by atoms with Crippen LogP contribution in [0.15, 0.2) is 42.9 Å². The summed E-state index contributed by atoms with van der Waals surface area (Å²) in [5.41, 5.74) is 4.58. The summed E-state index contributed by atoms with van der Waals surface area (Å²) in [5.74, 6) is 2.45. The molecule has 1 aliphatic rings. The molecule has 5 heteroatoms. The molecule has 4 nitrogen and oxygen atoms in total. The molecule has 3 aromatic heterocycles. The third kappa shape index (κ3) is 2.62. The molecule has 1 fully saturated rings. The Hall–Kier alpha value is -1.85. The Morgan fingerprint density at radius 3 is 2.82 bits per heavy atom. The third-order valence-electron chi connectivity index (χ3n) is 4.11. The number of hydrogen-bond donors (Lipinski definition) is 1. The van der Waals surface area contributed by atoms with Gasteiger partial charge in [0.25, 0.3) is 0 Å². The summed E-state index contributed by atoms with van der Waals surface area (Å²) in [6, 6.07) is 8.26. The second-order valence-electron chi connectivity index (χ2n) is 5.51. The van der Waals surface area contributed by atoms with Crippen LogP contribution in [0.2, 0.25) is 0 Å². The van der Waals surface area contributed by atoms with E-state index in [0.29, 0.717) is 0 Å². The lowest BCUT2D eigenvalue weighted by Crippen LogP contribution is -2.32. The van der Waals surface area contributed by atoms with Gasteiger partial charge in [-0.2, -0.15) is 11.8 Å². The Morgan fingerprint density at radius 1 is 1.14 bits per heavy atom. The molecule has 3 aromatic rings. The van der Waals surface area contributed by atoms with Crippen LogP contribution >= 0.6 is 11.8 Å². The van der Waals surface area contributed by atoms with E-state index in [0.717, 1.165) is 36.5 Å². The predicted octanol–water partition coefficient (Wildman–Crippen LogP) is 3.17. The van der Waals surface area contributed by atoms with Gasteiger partial charge in [0, 0.05) is 66.2 Å². The summed E-state index contributed by atoms with van der Waals surface area (Å²) in [5, 5.41) is 1.22. The summed E-state index contributed by atoms with van der Waals surface area (Å²) in [7, 11) is 0. The smallest absolute Gasteiger partial charge is 0.138 e. The number of H-pyrrole nitrogens is 1. The molecule has 0 atom stereocenters. The van der Waals surface area contributed by atoms with Crippen LogP contribution in [0.5, 0.6) is 0 Å². The molecule has 0 spiro atoms. The quantitative estimate of drug-likeness (QED) is 0.807. The third-order valence-corrected chi connectivity index (χ3v) is 5.06. The molecule has 0 unspecified atom stereocenters. The average Bonchev–Trinajstić information content (AvgIpc) is 2.95. The van der Waals surface area contributed by atoms with Gasteiger partial charge in [-0.15, -0.1) is 0 Å². The number of nitrogens with one attached hydrogen (secondary N) is 1. The van der Waals surface area contributed by atoms with Crippen molar-refractivity contribution in [2.45, 2.75) is 6.54 Å². The van der Waals surface area contributed by atoms with E-state index in [2.05, 4.69) is 32.0 Å². The van der Waals surface area contributed by atoms with Crippen molar-refractivity contribution in [3.63, 3.8) is 0 Å². The molecule has 0 aromatic carbocycles. The van der Waals surface area contributed by atoms with E-state index in [9.17, 15) is 0 Å². The minimum Gasteiger partial charge on any atom is -0.339 e. The Bertz CT molecular complexity index is 763. The van der Waals surface area contributed by atoms with E-state index in [-0.39, 0.29) is 0 Å². The number of aromatic nitrogens is 3. The maximum atomic E-state index is 4.48. The van der Waals surface area contributed by atoms with E-state index < -0.39 is 0 Å². The zero-order valence-corrected chi connectivity index (χ0v) is 13.1. The zero-order chi connectivity index (χ0) is 14.8. The molecule has 22 heavy (non-hydrogen) atoms. The highest BCUT2D eigenvalue weighted by Gasteiger charge is 2.18. The first kappa shape index (κ1) is 13.8. The van der Waals surface area contributed by atoms with Crippen molar-refractivity contribution < 1.29 is 0 Å². The Kier molecular flexibility index (Phi) is 3.83. The fourth-order valence-electron chi connectivity index (χ4n) is 2.98. The maximum absolute atomic E-state index is 4.48. The van der Waals surface area contributed by atoms with E-state index >= 15 is 0 Å². The van der Waals surface area contributed by atoms with Crippen LogP contribution in [0.1, 0.15) is 5.56 Å². The van der Waals surface area contributed by atoms with Gasteiger partial charge < -0.3 is 4.98 Å². The van der Waals surface area contributed by atoms with E-state index in [4.69, 9.17) is 0 Å². The number of rotatable bonds is 3. The highest BCUT2D eigenvalue weighted by Crippen LogP contribution is 2.30. The SMILES string of the molecule is c1cncc(-c2[nH]c3ncccc3c2CN2CCSCC2)c1. The second-order valence-corrected chi connectivity index (χ2v) is 6.73. The average molecular weight is 310 g/mol. The lowest BCUT2D eigenvalue weighted by molar-refractivity contribution is 0.296. The lowest BCUT2D eigenvalue weighted by Gasteiger charge is -2.26. The van der Waals surface area contributed by atoms with Crippen LogP contribution in [-0.2, 0) is 6.54 Å². The Morgan fingerprint density at radius 2 is 2.00 bits per heavy atom. The molecule has 0 saturated carbocycles. The molecule has 1 aliphatic heterocycles. The van der Waals surface area contributed by atoms with Crippen molar-refractivity contribution >= 4 is 22.8 Å². The number of aromatic amines is 1. The fourth-order valence-corrected chi connectivity index (χ4v) is 3.96. The molecule has 0 bridgehead atoms. The van der Waals surface area contributed by atoms with E-state index in [1.807, 2.05) is 42.5 Å². The summed E-state index contributed by atoms with van der Waals surface area (Å²) in [6.45, 7) is 3.28. The first-order chi connectivity index (χ1) is 10.9. The Balaban J connectivity index is 1.79. The summed E-state index contributed by atoms with van der Waals surface area (Å²) in [4.78, 5) is 14.8. The van der Waals surface area contributed by atoms with Gasteiger partial charge in [-0.05, 0) is 24.3 Å². The second kappa shape index (κ2) is 6.10. The summed E-state index contributed by atoms with van der Waals surface area (Å²) in [6.07, 6.45) is 5.57. The van der Waals surface area contributed by atoms with Crippen LogP contribution in [0, 0.1) is 0 Å². The van der Waals surface area contributed by atoms with Crippen molar-refractivity contribution in [3.8, 4) is 11.3 Å². The topological polar surface area (TPSA) is 44.8 Å². The maximum Gasteiger partial charge on any atom is 0.138 e. The lowest BCUT2D eigenvalue weighted by atomic mass is 10.1. The van der Waals surface area contributed by atoms with Crippen molar-refractivity contribution in [2.75, 3.05) is 24.6 Å². The highest BCUT2D eigenvalue weighted by atomic mass is 32.2. The first-order valence-corrected chi connectivity index (χ1v) is 8.73. The van der Waals surface area contributed by atoms with E-state index in [1.165, 1.54) is 22.5 Å². The van der Waals surface area contributed by atoms with Crippen molar-refractivity contribution in [2.24, 2.45) is 0 Å². The number of hydrogen-bond acceptors (Lipinski definition) is 4. The molecule has 1 N–H and O–H groups in total. The number of thioether (sulfide) groups is 1. The minimum atomic E-state index is 0.961. The molecule has 0 aliphatic carbocycles. The molecule has 0 amide bonds. The summed E-state index contributed by atoms with van der Waals surface area (Å²) < 4.78 is 0. The predicted molar refractivity (Wildman–Crippen MR) is 91.9 cm³/mol. The molecular formula is C17H18N4S. The molecule has 1 saturated heterocycles. The normalized spacial score (nSPS) is 16.2. The molecule has 112 valence electrons. The number of pyridine rings is 2. The van der Waals surface area contributed by atoms with E-state index in [1.54, 1.807) is 0 Å². The Labute approximate surface area is 134 Å². The van der Waals surface area contributed by atoms with Crippen LogP contribution in [0.3, 0.4) is 0 Å². The molecular weight excluding hydrogens is 292 g/mol. The van der Waals surface area contributed by atoms with Gasteiger partial charge in [0.1, 0.15) is 5.65 Å². The van der Waals surface area contributed by atoms with Crippen LogP contribution in [0.4, 0.5) is 0 Å². The van der Waals surface area contributed by atoms with Crippen LogP contribution < -0.4 is 0 Å². The summed E-state index contributed by atoms with van der Waals surface area (Å²) >= 11 is 2.04. The van der Waals surface area contributed by atoms with Gasteiger partial charge in [0.05, 0.1) is 5.69 Å². The van der Waals surface area contributed by atoms with Gasteiger partial charge in [-0.3, -0.25) is 9.88 Å². The van der Waals surface area contributed by atoms with Crippen molar-refractivity contribution in [3.05, 3.63) is 48.4 Å². The number of fused-ring (bicyclic) bond motifs is 1. The highest BCUT2D eigenvalue weighted by molar-refractivity contribution is 7.99. The van der Waals surface area contributed by atoms with Crippen LogP contribution in [-0.4, -0.2) is 44.4 Å². The van der Waals surface area contributed by atoms with Gasteiger partial charge in [0.2, 0.25) is 0 Å². The van der Waals surface area contributed by atoms with Crippen molar-refractivity contribution in [1.29, 1.82) is 0 Å². The standard InChI is InChI=1S/C17H18N4S/c1-3-13(11-18-5-1)16-15(12-21-7-9-22-10-8-21)14-4-2-6-19-17(14)20-16/h1-6,11H,7-10,12H2,(H,19,20). The largest absolute Gasteiger partial charge is 0.339 e. The van der Waals surface area contributed by atoms with Crippen LogP contribution in [0.25, 0.3) is 22.3 Å². The van der Waals surface area contributed by atoms with Gasteiger partial charge in [-0.25, -0.2) is 4.98 Å². The minimum absolute atomic E-state index is 0.961. The molecule has 4 rings (SSSR count). The van der Waals surface area contributed by atoms with Gasteiger partial charge in [0.15, 0.2) is 0 Å².